The van der Waals surface area contributed by atoms with Gasteiger partial charge in [-0.3, -0.25) is 4.70 Å². The molecule has 0 spiro atoms. The fourth-order valence-electron chi connectivity index (χ4n) is 11.9. The smallest absolute Gasteiger partial charge is 0.210 e. The predicted molar refractivity (Wildman–Crippen MR) is 466 cm³/mol. The van der Waals surface area contributed by atoms with Gasteiger partial charge >= 0.3 is 0 Å². The van der Waals surface area contributed by atoms with E-state index in [0.29, 0.717) is 23.9 Å². The van der Waals surface area contributed by atoms with Crippen LogP contribution in [0, 0.1) is 11.8 Å². The minimum Gasteiger partial charge on any atom is -0.495 e. The van der Waals surface area contributed by atoms with Crippen molar-refractivity contribution in [2.24, 2.45) is 17.6 Å². The maximum absolute atomic E-state index is 10.1. The minimum atomic E-state index is -0.347. The van der Waals surface area contributed by atoms with Gasteiger partial charge in [0.25, 0.3) is 0 Å². The van der Waals surface area contributed by atoms with Gasteiger partial charge in [-0.1, -0.05) is 302 Å². The number of nitrogens with one attached hydrogen (secondary N) is 6. The highest BCUT2D eigenvalue weighted by molar-refractivity contribution is 5.48. The lowest BCUT2D eigenvalue weighted by Gasteiger charge is -2.31. The second-order valence-corrected chi connectivity index (χ2v) is 26.5. The van der Waals surface area contributed by atoms with E-state index in [1.807, 2.05) is 36.4 Å². The summed E-state index contributed by atoms with van der Waals surface area (Å²) < 4.78 is 33.5. The van der Waals surface area contributed by atoms with Gasteiger partial charge in [0, 0.05) is 41.9 Å². The Labute approximate surface area is 646 Å². The third-order valence-electron chi connectivity index (χ3n) is 17.6. The average molecular weight is 1470 g/mol. The van der Waals surface area contributed by atoms with Crippen molar-refractivity contribution in [3.05, 3.63) is 159 Å². The molecule has 612 valence electrons. The number of unbranched alkanes of at least 4 members (excludes halogenated alkanes) is 18. The van der Waals surface area contributed by atoms with Gasteiger partial charge in [0.1, 0.15) is 25.0 Å². The maximum atomic E-state index is 10.1. The van der Waals surface area contributed by atoms with E-state index in [2.05, 4.69) is 223 Å². The standard InChI is InChI=1S/C31H48N2O.C31H64N2O.C19H24N2O.CH4FNO.CH4O.7CH4.FH/c1-6-9-11-13-15-27-17-21-29(22-18-27)32-25(4)31(34-8-3)26(5)33-30-23-19-28(20-24-30)16-14-12-10-7-2;1-8-11-13-15-17-19-21-23-27(4)25-32-29(6)31(34-10-3)30(7)33-26-28(5)24-22-20-18-16-14-12-9-2;1-4-22-19(15(2)20-17-11-7-5-8-12-17)16(3)21-18-13-9-6-10-14-18;2-4-1-3;1-2;;;;;;;;/h8,17-26,31-33H,3,6-7,9-16H2,1-2,4-5H3;10,27-33H,3,8-9,11-26H2,1-2,4-7H3;4-16,19-21H,1H2,2-3H3;1,3H2;2H,1H3;7*1H4;1H/i;;;;2D;;;;;;;;. The number of hydrogen-bond donors (Lipinski definition) is 8. The van der Waals surface area contributed by atoms with Crippen molar-refractivity contribution in [1.29, 1.82) is 1.43 Å². The fourth-order valence-corrected chi connectivity index (χ4v) is 11.9. The first-order valence-corrected chi connectivity index (χ1v) is 37.6. The van der Waals surface area contributed by atoms with Gasteiger partial charge in [-0.2, -0.15) is 4.94 Å². The predicted octanol–water partition coefficient (Wildman–Crippen LogP) is 26.3. The zero-order valence-corrected chi connectivity index (χ0v) is 63.5. The van der Waals surface area contributed by atoms with Crippen LogP contribution in [0.1, 0.15) is 300 Å². The molecule has 0 fully saturated rings. The lowest BCUT2D eigenvalue weighted by Crippen LogP contribution is -2.51. The molecule has 0 aliphatic rings. The summed E-state index contributed by atoms with van der Waals surface area (Å²) in [5, 5.41) is 25.2. The van der Waals surface area contributed by atoms with Crippen LogP contribution in [-0.4, -0.2) is 88.0 Å². The van der Waals surface area contributed by atoms with Crippen molar-refractivity contribution < 1.29 is 33.5 Å². The quantitative estimate of drug-likeness (QED) is 0.0121. The highest BCUT2D eigenvalue weighted by Gasteiger charge is 2.27. The van der Waals surface area contributed by atoms with E-state index in [0.717, 1.165) is 48.7 Å². The molecule has 4 aromatic carbocycles. The van der Waals surface area contributed by atoms with Gasteiger partial charge in [-0.15, -0.1) is 0 Å². The summed E-state index contributed by atoms with van der Waals surface area (Å²) in [5.41, 5.74) is 11.7. The van der Waals surface area contributed by atoms with Gasteiger partial charge in [0.05, 0.1) is 43.0 Å². The van der Waals surface area contributed by atoms with Gasteiger partial charge < -0.3 is 57.0 Å². The van der Waals surface area contributed by atoms with Crippen LogP contribution in [0.5, 0.6) is 0 Å². The van der Waals surface area contributed by atoms with Crippen molar-refractivity contribution in [3.63, 3.8) is 0 Å². The summed E-state index contributed by atoms with van der Waals surface area (Å²) in [7, 11) is 1.29. The molecule has 12 nitrogen and oxygen atoms in total. The van der Waals surface area contributed by atoms with Crippen LogP contribution in [-0.2, 0) is 32.0 Å². The van der Waals surface area contributed by atoms with E-state index in [-0.39, 0.29) is 106 Å². The second kappa shape index (κ2) is 81.4. The summed E-state index contributed by atoms with van der Waals surface area (Å²) in [5.74, 6) is 1.43. The van der Waals surface area contributed by atoms with Crippen molar-refractivity contribution in [3.8, 4) is 0 Å². The number of halogens is 2. The molecule has 0 heterocycles. The molecule has 0 saturated carbocycles. The van der Waals surface area contributed by atoms with E-state index in [1.54, 1.807) is 12.5 Å². The normalized spacial score (nSPS) is 13.2. The molecule has 104 heavy (non-hydrogen) atoms. The molecule has 0 radical (unpaired) electrons. The van der Waals surface area contributed by atoms with Gasteiger partial charge in [-0.25, -0.2) is 0 Å². The van der Waals surface area contributed by atoms with Gasteiger partial charge in [-0.05, 0) is 169 Å². The van der Waals surface area contributed by atoms with Crippen LogP contribution in [0.4, 0.5) is 32.0 Å². The van der Waals surface area contributed by atoms with Crippen LogP contribution >= 0.6 is 0 Å². The highest BCUT2D eigenvalue weighted by Crippen LogP contribution is 2.23. The zero-order valence-electron chi connectivity index (χ0n) is 64.5. The van der Waals surface area contributed by atoms with Crippen LogP contribution in [0.25, 0.3) is 0 Å². The molecule has 4 aromatic rings. The Balaban J connectivity index is -0.000000176. The van der Waals surface area contributed by atoms with Crippen LogP contribution in [0.3, 0.4) is 0 Å². The Morgan fingerprint density at radius 1 is 0.394 bits per heavy atom. The number of hydrogen-bond acceptors (Lipinski definition) is 12. The largest absolute Gasteiger partial charge is 0.495 e. The molecule has 14 heteroatoms. The SMILES string of the molecule is C.C.C.C.C.C.C.C=COC(C(C)NCC(C)CCCCCCCCC)C(C)NCC(C)CCCCCCCCC.C=COC(C(C)Nc1ccc(CCCCCC)cc1)C(C)Nc1ccc(CCCCCC)cc1.C=COC(C(C)Nc1ccccc1)C(C)Nc1ccccc1.F.NCOF.[2H]OC. The first kappa shape index (κ1) is 114. The third-order valence-corrected chi connectivity index (χ3v) is 17.6. The summed E-state index contributed by atoms with van der Waals surface area (Å²) in [6.45, 7) is 40.1. The lowest BCUT2D eigenvalue weighted by atomic mass is 9.99. The van der Waals surface area contributed by atoms with Crippen molar-refractivity contribution >= 4 is 22.7 Å². The summed E-state index contributed by atoms with van der Waals surface area (Å²) >= 11 is 0. The number of anilines is 4. The topological polar surface area (TPSA) is 155 Å². The molecule has 0 bridgehead atoms. The van der Waals surface area contributed by atoms with Crippen molar-refractivity contribution in [2.45, 2.75) is 357 Å². The van der Waals surface area contributed by atoms with Gasteiger partial charge in [0.2, 0.25) is 1.43 Å². The number of para-hydroxylation sites is 2. The van der Waals surface area contributed by atoms with E-state index >= 15 is 0 Å². The molecular weight excluding hydrogens is 1300 g/mol. The zero-order chi connectivity index (χ0) is 71.9. The Kier molecular flexibility index (Phi) is 89.4. The second-order valence-electron chi connectivity index (χ2n) is 26.5. The molecule has 4 rings (SSSR count). The number of ether oxygens (including phenoxy) is 3. The molecule has 0 aliphatic heterocycles. The van der Waals surface area contributed by atoms with Gasteiger partial charge in [0.15, 0.2) is 0 Å². The van der Waals surface area contributed by atoms with E-state index in [9.17, 15) is 4.53 Å². The molecule has 0 amide bonds. The Hall–Kier alpha value is -5.64. The Morgan fingerprint density at radius 3 is 0.875 bits per heavy atom. The number of nitrogens with two attached hydrogens (primary N) is 1. The summed E-state index contributed by atoms with van der Waals surface area (Å²) in [6.07, 6.45) is 39.6. The molecule has 0 saturated heterocycles. The van der Waals surface area contributed by atoms with Crippen LogP contribution < -0.4 is 37.6 Å². The summed E-state index contributed by atoms with van der Waals surface area (Å²) in [6, 6.07) is 39.1. The lowest BCUT2D eigenvalue weighted by molar-refractivity contribution is -0.129. The van der Waals surface area contributed by atoms with Crippen LogP contribution in [0.15, 0.2) is 148 Å². The van der Waals surface area contributed by atoms with Crippen LogP contribution in [0.2, 0.25) is 0 Å². The van der Waals surface area contributed by atoms with Crippen molar-refractivity contribution in [1.82, 2.24) is 10.6 Å². The number of benzene rings is 4. The Bertz CT molecular complexity index is 2210. The molecule has 8 atom stereocenters. The molecule has 0 aliphatic carbocycles. The number of aryl methyl sites for hydroxylation is 2. The van der Waals surface area contributed by atoms with E-state index < -0.39 is 0 Å². The first-order chi connectivity index (χ1) is 47.1. The summed E-state index contributed by atoms with van der Waals surface area (Å²) in [4.78, 5) is 2.82. The number of aliphatic hydroxyl groups excluding tert-OH is 1. The monoisotopic (exact) mass is 1470 g/mol. The van der Waals surface area contributed by atoms with Crippen molar-refractivity contribution in [2.75, 3.05) is 48.2 Å². The Morgan fingerprint density at radius 2 is 0.625 bits per heavy atom. The molecule has 8 unspecified atom stereocenters. The molecule has 0 aromatic heterocycles. The first-order valence-electron chi connectivity index (χ1n) is 38.0. The fraction of sp³-hybridized carbons (Fsp3) is 0.667. The molecular formula is C90H173F2N7O5. The minimum absolute atomic E-state index is 0. The third kappa shape index (κ3) is 60.5. The average Bonchev–Trinajstić information content (AvgIpc) is 0.875. The van der Waals surface area contributed by atoms with E-state index in [1.165, 1.54) is 179 Å². The molecule has 9 N–H and O–H groups in total. The maximum Gasteiger partial charge on any atom is 0.210 e. The number of aliphatic hydroxyl groups is 1. The highest BCUT2D eigenvalue weighted by atomic mass is 19.3. The van der Waals surface area contributed by atoms with E-state index in [4.69, 9.17) is 15.6 Å². The number of rotatable bonds is 53.